The molecule has 1 atom stereocenters. The van der Waals surface area contributed by atoms with Crippen molar-refractivity contribution in [1.82, 2.24) is 0 Å². The first-order chi connectivity index (χ1) is 14.1. The van der Waals surface area contributed by atoms with Gasteiger partial charge in [-0.1, -0.05) is 30.3 Å². The molecule has 0 saturated heterocycles. The molecule has 0 aliphatic carbocycles. The molecule has 0 saturated carbocycles. The molecular weight excluding hydrogens is 406 g/mol. The molecule has 0 heterocycles. The van der Waals surface area contributed by atoms with Crippen molar-refractivity contribution in [2.24, 2.45) is 0 Å². The Morgan fingerprint density at radius 1 is 0.586 bits per heavy atom. The third-order valence-corrected chi connectivity index (χ3v) is 8.19. The highest BCUT2D eigenvalue weighted by atomic mass is 32.2. The summed E-state index contributed by atoms with van der Waals surface area (Å²) in [5, 5.41) is 0. The van der Waals surface area contributed by atoms with Crippen molar-refractivity contribution in [3.8, 4) is 0 Å². The molecule has 5 heteroatoms. The van der Waals surface area contributed by atoms with Gasteiger partial charge < -0.3 is 0 Å². The van der Waals surface area contributed by atoms with E-state index in [4.69, 9.17) is 0 Å². The van der Waals surface area contributed by atoms with Gasteiger partial charge in [-0.25, -0.2) is 13.0 Å². The van der Waals surface area contributed by atoms with Crippen LogP contribution in [0.1, 0.15) is 0 Å². The molecule has 0 amide bonds. The Morgan fingerprint density at radius 2 is 1.07 bits per heavy atom. The summed E-state index contributed by atoms with van der Waals surface area (Å²) >= 11 is 0. The van der Waals surface area contributed by atoms with Gasteiger partial charge in [0.25, 0.3) is 0 Å². The first kappa shape index (κ1) is 19.6. The number of hydrogen-bond acceptors (Lipinski definition) is 1. The lowest BCUT2D eigenvalue weighted by Gasteiger charge is -2.12. The smallest absolute Gasteiger partial charge is 0.183 e. The molecule has 4 aromatic carbocycles. The molecule has 0 spiro atoms. The van der Waals surface area contributed by atoms with Crippen LogP contribution in [0.15, 0.2) is 128 Å². The van der Waals surface area contributed by atoms with E-state index in [0.717, 1.165) is 14.7 Å². The zero-order valence-corrected chi connectivity index (χ0v) is 16.9. The molecule has 1 nitrogen and oxygen atoms in total. The third-order valence-electron chi connectivity index (χ3n) is 4.32. The van der Waals surface area contributed by atoms with Gasteiger partial charge in [0.1, 0.15) is 22.5 Å². The average molecular weight is 424 g/mol. The second-order valence-electron chi connectivity index (χ2n) is 6.24. The van der Waals surface area contributed by atoms with Gasteiger partial charge in [0.2, 0.25) is 0 Å². The molecule has 0 bridgehead atoms. The van der Waals surface area contributed by atoms with Gasteiger partial charge in [-0.3, -0.25) is 0 Å². The van der Waals surface area contributed by atoms with Crippen LogP contribution < -0.4 is 0 Å². The average Bonchev–Trinajstić information content (AvgIpc) is 2.77. The highest BCUT2D eigenvalue weighted by molar-refractivity contribution is 7.97. The van der Waals surface area contributed by atoms with Crippen molar-refractivity contribution in [3.05, 3.63) is 115 Å². The van der Waals surface area contributed by atoms with Crippen LogP contribution in [0, 0.1) is 11.6 Å². The van der Waals surface area contributed by atoms with Gasteiger partial charge in [-0.2, -0.15) is 0 Å². The fraction of sp³-hybridized carbons (Fsp3) is 0. The minimum Gasteiger partial charge on any atom is -0.249 e. The Kier molecular flexibility index (Phi) is 5.88. The standard InChI is InChI=1S/C24H17F2OS2/c25-18-10-14-20(15-11-18)28(21-16-12-19(26)13-17-21)23-8-4-5-9-24(23)29(27)22-6-2-1-3-7-22/h1-17H/q+1. The number of benzene rings is 4. The third kappa shape index (κ3) is 4.31. The van der Waals surface area contributed by atoms with Crippen LogP contribution in [-0.4, -0.2) is 4.21 Å². The summed E-state index contributed by atoms with van der Waals surface area (Å²) < 4.78 is 40.4. The maximum atomic E-state index is 13.5. The monoisotopic (exact) mass is 423 g/mol. The zero-order valence-electron chi connectivity index (χ0n) is 15.3. The molecular formula is C24H17F2OS2+. The van der Waals surface area contributed by atoms with Gasteiger partial charge in [0.05, 0.1) is 15.7 Å². The van der Waals surface area contributed by atoms with Crippen LogP contribution in [0.3, 0.4) is 0 Å². The molecule has 4 aromatic rings. The summed E-state index contributed by atoms with van der Waals surface area (Å²) in [6.07, 6.45) is 0. The van der Waals surface area contributed by atoms with Gasteiger partial charge in [0.15, 0.2) is 14.7 Å². The second kappa shape index (κ2) is 8.72. The van der Waals surface area contributed by atoms with E-state index >= 15 is 0 Å². The first-order valence-corrected chi connectivity index (χ1v) is 11.3. The van der Waals surface area contributed by atoms with E-state index in [1.165, 1.54) is 24.3 Å². The molecule has 144 valence electrons. The van der Waals surface area contributed by atoms with Crippen LogP contribution >= 0.6 is 0 Å². The Labute approximate surface area is 173 Å². The summed E-state index contributed by atoms with van der Waals surface area (Å²) in [5.41, 5.74) is 0. The molecule has 0 aliphatic rings. The van der Waals surface area contributed by atoms with E-state index in [2.05, 4.69) is 0 Å². The minimum absolute atomic E-state index is 0.322. The number of rotatable bonds is 5. The largest absolute Gasteiger partial charge is 0.249 e. The summed E-state index contributed by atoms with van der Waals surface area (Å²) in [6.45, 7) is 0. The predicted octanol–water partition coefficient (Wildman–Crippen LogP) is 6.23. The molecule has 0 aliphatic heterocycles. The Balaban J connectivity index is 1.88. The maximum absolute atomic E-state index is 13.5. The van der Waals surface area contributed by atoms with Crippen molar-refractivity contribution >= 4 is 21.7 Å². The van der Waals surface area contributed by atoms with E-state index < -0.39 is 21.7 Å². The van der Waals surface area contributed by atoms with Gasteiger partial charge in [-0.05, 0) is 72.8 Å². The van der Waals surface area contributed by atoms with Crippen molar-refractivity contribution in [2.45, 2.75) is 24.5 Å². The maximum Gasteiger partial charge on any atom is 0.183 e. The van der Waals surface area contributed by atoms with Crippen LogP contribution in [0.2, 0.25) is 0 Å². The van der Waals surface area contributed by atoms with Gasteiger partial charge in [0, 0.05) is 4.90 Å². The Bertz CT molecular complexity index is 1080. The fourth-order valence-corrected chi connectivity index (χ4v) is 6.64. The zero-order chi connectivity index (χ0) is 20.2. The van der Waals surface area contributed by atoms with E-state index in [1.54, 1.807) is 24.3 Å². The Hall–Kier alpha value is -2.76. The van der Waals surface area contributed by atoms with Crippen LogP contribution in [0.25, 0.3) is 0 Å². The number of halogens is 2. The molecule has 0 fully saturated rings. The van der Waals surface area contributed by atoms with Crippen molar-refractivity contribution in [1.29, 1.82) is 0 Å². The lowest BCUT2D eigenvalue weighted by Crippen LogP contribution is -2.09. The summed E-state index contributed by atoms with van der Waals surface area (Å²) in [6, 6.07) is 29.4. The van der Waals surface area contributed by atoms with Crippen LogP contribution in [-0.2, 0) is 21.7 Å². The number of hydrogen-bond donors (Lipinski definition) is 0. The molecule has 0 N–H and O–H groups in total. The van der Waals surface area contributed by atoms with E-state index in [1.807, 2.05) is 54.6 Å². The van der Waals surface area contributed by atoms with E-state index in [9.17, 15) is 13.0 Å². The summed E-state index contributed by atoms with van der Waals surface area (Å²) in [4.78, 5) is 4.01. The van der Waals surface area contributed by atoms with E-state index in [-0.39, 0.29) is 11.6 Å². The highest BCUT2D eigenvalue weighted by Crippen LogP contribution is 2.35. The summed E-state index contributed by atoms with van der Waals surface area (Å²) in [5.74, 6) is -0.643. The molecule has 29 heavy (non-hydrogen) atoms. The van der Waals surface area contributed by atoms with Crippen LogP contribution in [0.4, 0.5) is 8.78 Å². The Morgan fingerprint density at radius 3 is 1.62 bits per heavy atom. The summed E-state index contributed by atoms with van der Waals surface area (Å²) in [7, 11) is -2.04. The molecule has 4 rings (SSSR count). The highest BCUT2D eigenvalue weighted by Gasteiger charge is 2.33. The first-order valence-electron chi connectivity index (χ1n) is 8.95. The second-order valence-corrected chi connectivity index (χ2v) is 9.69. The normalized spacial score (nSPS) is 12.1. The molecule has 1 unspecified atom stereocenters. The lowest BCUT2D eigenvalue weighted by atomic mass is 10.3. The van der Waals surface area contributed by atoms with Gasteiger partial charge in [-0.15, -0.1) is 0 Å². The topological polar surface area (TPSA) is 17.1 Å². The predicted molar refractivity (Wildman–Crippen MR) is 113 cm³/mol. The van der Waals surface area contributed by atoms with E-state index in [0.29, 0.717) is 9.79 Å². The quantitative estimate of drug-likeness (QED) is 0.348. The van der Waals surface area contributed by atoms with Gasteiger partial charge >= 0.3 is 0 Å². The SMILES string of the molecule is O=S(c1ccccc1)c1ccccc1[S+](c1ccc(F)cc1)c1ccc(F)cc1. The van der Waals surface area contributed by atoms with Crippen LogP contribution in [0.5, 0.6) is 0 Å². The van der Waals surface area contributed by atoms with Crippen molar-refractivity contribution in [3.63, 3.8) is 0 Å². The minimum atomic E-state index is -1.38. The fourth-order valence-electron chi connectivity index (χ4n) is 2.97. The van der Waals surface area contributed by atoms with Crippen molar-refractivity contribution in [2.75, 3.05) is 0 Å². The molecule has 0 aromatic heterocycles. The molecule has 0 radical (unpaired) electrons. The lowest BCUT2D eigenvalue weighted by molar-refractivity contribution is 0.626. The van der Waals surface area contributed by atoms with Crippen molar-refractivity contribution < 1.29 is 13.0 Å².